The highest BCUT2D eigenvalue weighted by atomic mass is 32.2. The molecule has 35 heavy (non-hydrogen) atoms. The van der Waals surface area contributed by atoms with E-state index in [-0.39, 0.29) is 22.7 Å². The summed E-state index contributed by atoms with van der Waals surface area (Å²) < 4.78 is 0. The minimum absolute atomic E-state index is 0.00230. The minimum atomic E-state index is -2.10. The van der Waals surface area contributed by atoms with Crippen molar-refractivity contribution >= 4 is 52.2 Å². The standard InChI is InChI=1S/C24H15N3O7S/c28-17-7-3-2-6-16(17)26-22(31)21(30)19(20(29)13-9-11-14(12-10-13)27(33)34)24(26)23(32)25-15-5-1-4-8-18(15)35-24/h1-12,28-29H,(H,25,32)/b20-19-. The zero-order valence-electron chi connectivity index (χ0n) is 17.7. The first-order valence-electron chi connectivity index (χ1n) is 10.2. The molecule has 0 aliphatic carbocycles. The normalized spacial score (nSPS) is 20.6. The molecule has 1 fully saturated rings. The van der Waals surface area contributed by atoms with Gasteiger partial charge in [-0.05, 0) is 36.4 Å². The number of nitrogens with one attached hydrogen (secondary N) is 1. The Morgan fingerprint density at radius 1 is 0.971 bits per heavy atom. The third kappa shape index (κ3) is 3.24. The first-order chi connectivity index (χ1) is 16.8. The summed E-state index contributed by atoms with van der Waals surface area (Å²) in [6.45, 7) is 0. The number of hydrogen-bond acceptors (Lipinski definition) is 8. The van der Waals surface area contributed by atoms with Crippen LogP contribution in [0.3, 0.4) is 0 Å². The summed E-state index contributed by atoms with van der Waals surface area (Å²) in [5, 5.41) is 35.4. The first-order valence-corrected chi connectivity index (χ1v) is 11.0. The highest BCUT2D eigenvalue weighted by Gasteiger charge is 2.64. The molecular weight excluding hydrogens is 474 g/mol. The summed E-state index contributed by atoms with van der Waals surface area (Å²) in [6, 6.07) is 17.2. The lowest BCUT2D eigenvalue weighted by Gasteiger charge is -2.39. The van der Waals surface area contributed by atoms with E-state index in [9.17, 15) is 34.7 Å². The predicted octanol–water partition coefficient (Wildman–Crippen LogP) is 3.63. The predicted molar refractivity (Wildman–Crippen MR) is 127 cm³/mol. The Kier molecular flexibility index (Phi) is 5.06. The van der Waals surface area contributed by atoms with Gasteiger partial charge in [-0.25, -0.2) is 0 Å². The van der Waals surface area contributed by atoms with Gasteiger partial charge in [0.05, 0.1) is 21.9 Å². The molecule has 0 aromatic heterocycles. The van der Waals surface area contributed by atoms with Gasteiger partial charge in [-0.15, -0.1) is 0 Å². The molecule has 0 saturated carbocycles. The second-order valence-corrected chi connectivity index (χ2v) is 8.92. The number of aromatic hydroxyl groups is 1. The number of benzene rings is 3. The van der Waals surface area contributed by atoms with E-state index in [4.69, 9.17) is 0 Å². The highest BCUT2D eigenvalue weighted by molar-refractivity contribution is 8.02. The number of phenols is 1. The van der Waals surface area contributed by atoms with E-state index in [1.807, 2.05) is 0 Å². The number of thioether (sulfide) groups is 1. The van der Waals surface area contributed by atoms with Crippen LogP contribution in [-0.2, 0) is 14.4 Å². The maximum absolute atomic E-state index is 13.7. The van der Waals surface area contributed by atoms with Gasteiger partial charge in [0.2, 0.25) is 4.87 Å². The fraction of sp³-hybridized carbons (Fsp3) is 0.0417. The summed E-state index contributed by atoms with van der Waals surface area (Å²) in [7, 11) is 0. The first kappa shape index (κ1) is 22.2. The average molecular weight is 489 g/mol. The summed E-state index contributed by atoms with van der Waals surface area (Å²) in [4.78, 5) is 50.0. The molecular formula is C24H15N3O7S. The number of nitrogens with zero attached hydrogens (tertiary/aromatic N) is 2. The molecule has 2 aliphatic heterocycles. The van der Waals surface area contributed by atoms with Crippen molar-refractivity contribution in [2.45, 2.75) is 9.77 Å². The quantitative estimate of drug-likeness (QED) is 0.166. The molecule has 2 amide bonds. The summed E-state index contributed by atoms with van der Waals surface area (Å²) in [6.07, 6.45) is 0. The third-order valence-electron chi connectivity index (χ3n) is 5.69. The topological polar surface area (TPSA) is 150 Å². The maximum atomic E-state index is 13.7. The van der Waals surface area contributed by atoms with E-state index < -0.39 is 38.7 Å². The average Bonchev–Trinajstić information content (AvgIpc) is 3.06. The van der Waals surface area contributed by atoms with Gasteiger partial charge >= 0.3 is 5.91 Å². The Bertz CT molecular complexity index is 1470. The summed E-state index contributed by atoms with van der Waals surface area (Å²) >= 11 is 0.868. The fourth-order valence-electron chi connectivity index (χ4n) is 4.09. The van der Waals surface area contributed by atoms with Crippen LogP contribution in [0, 0.1) is 10.1 Å². The SMILES string of the molecule is O=C1C(=O)N(c2ccccc2O)C2(Sc3ccccc3NC2=O)/C1=C(\O)c1ccc([N+](=O)[O-])cc1. The van der Waals surface area contributed by atoms with Crippen LogP contribution in [0.2, 0.25) is 0 Å². The lowest BCUT2D eigenvalue weighted by atomic mass is 9.98. The van der Waals surface area contributed by atoms with Crippen molar-refractivity contribution in [1.82, 2.24) is 0 Å². The molecule has 10 nitrogen and oxygen atoms in total. The molecule has 0 bridgehead atoms. The Morgan fingerprint density at radius 3 is 2.31 bits per heavy atom. The second-order valence-electron chi connectivity index (χ2n) is 7.68. The molecule has 0 radical (unpaired) electrons. The number of amides is 2. The van der Waals surface area contributed by atoms with Crippen LogP contribution >= 0.6 is 11.8 Å². The monoisotopic (exact) mass is 489 g/mol. The number of nitro groups is 1. The van der Waals surface area contributed by atoms with E-state index in [0.29, 0.717) is 10.6 Å². The number of nitro benzene ring substituents is 1. The molecule has 3 aromatic rings. The molecule has 1 atom stereocenters. The molecule has 3 aromatic carbocycles. The second kappa shape index (κ2) is 7.99. The molecule has 11 heteroatoms. The number of phenolic OH excluding ortho intramolecular Hbond substituents is 1. The van der Waals surface area contributed by atoms with Crippen LogP contribution in [0.4, 0.5) is 17.1 Å². The van der Waals surface area contributed by atoms with Gasteiger partial charge in [-0.3, -0.25) is 29.4 Å². The number of hydrogen-bond donors (Lipinski definition) is 3. The van der Waals surface area contributed by atoms with Crippen LogP contribution in [-0.4, -0.2) is 37.6 Å². The number of aliphatic hydroxyl groups excluding tert-OH is 1. The van der Waals surface area contributed by atoms with Gasteiger partial charge in [0.1, 0.15) is 11.5 Å². The number of Topliss-reactive ketones (excluding diaryl/α,β-unsaturated/α-hetero) is 1. The lowest BCUT2D eigenvalue weighted by molar-refractivity contribution is -0.384. The zero-order valence-corrected chi connectivity index (χ0v) is 18.5. The van der Waals surface area contributed by atoms with Gasteiger partial charge in [-0.1, -0.05) is 36.0 Å². The van der Waals surface area contributed by atoms with E-state index in [2.05, 4.69) is 5.32 Å². The minimum Gasteiger partial charge on any atom is -0.507 e. The number of ketones is 1. The number of fused-ring (bicyclic) bond motifs is 1. The van der Waals surface area contributed by atoms with Crippen molar-refractivity contribution in [2.75, 3.05) is 10.2 Å². The Morgan fingerprint density at radius 2 is 1.63 bits per heavy atom. The van der Waals surface area contributed by atoms with Crippen molar-refractivity contribution in [3.63, 3.8) is 0 Å². The molecule has 5 rings (SSSR count). The molecule has 174 valence electrons. The molecule has 1 unspecified atom stereocenters. The van der Waals surface area contributed by atoms with Crippen molar-refractivity contribution in [3.8, 4) is 5.75 Å². The number of non-ortho nitro benzene ring substituents is 1. The van der Waals surface area contributed by atoms with E-state index in [1.54, 1.807) is 24.3 Å². The molecule has 3 N–H and O–H groups in total. The van der Waals surface area contributed by atoms with E-state index in [1.165, 1.54) is 36.4 Å². The Labute approximate surface area is 201 Å². The Balaban J connectivity index is 1.79. The van der Waals surface area contributed by atoms with Gasteiger partial charge in [-0.2, -0.15) is 0 Å². The van der Waals surface area contributed by atoms with Crippen LogP contribution in [0.15, 0.2) is 83.3 Å². The Hall–Kier alpha value is -4.64. The van der Waals surface area contributed by atoms with Crippen molar-refractivity contribution in [1.29, 1.82) is 0 Å². The zero-order chi connectivity index (χ0) is 24.9. The molecule has 1 spiro atoms. The molecule has 2 aliphatic rings. The number of aliphatic hydroxyl groups is 1. The van der Waals surface area contributed by atoms with Crippen molar-refractivity contribution in [2.24, 2.45) is 0 Å². The van der Waals surface area contributed by atoms with E-state index >= 15 is 0 Å². The fourth-order valence-corrected chi connectivity index (χ4v) is 5.49. The van der Waals surface area contributed by atoms with Crippen LogP contribution in [0.1, 0.15) is 5.56 Å². The maximum Gasteiger partial charge on any atom is 0.301 e. The van der Waals surface area contributed by atoms with Crippen molar-refractivity contribution in [3.05, 3.63) is 94.0 Å². The number of rotatable bonds is 3. The van der Waals surface area contributed by atoms with Gasteiger partial charge in [0.25, 0.3) is 17.4 Å². The smallest absolute Gasteiger partial charge is 0.301 e. The van der Waals surface area contributed by atoms with Crippen LogP contribution < -0.4 is 10.2 Å². The number of para-hydroxylation sites is 3. The summed E-state index contributed by atoms with van der Waals surface area (Å²) in [5.74, 6) is -4.09. The van der Waals surface area contributed by atoms with Crippen molar-refractivity contribution < 1.29 is 29.5 Å². The summed E-state index contributed by atoms with van der Waals surface area (Å²) in [5.41, 5.74) is -0.413. The largest absolute Gasteiger partial charge is 0.507 e. The third-order valence-corrected chi connectivity index (χ3v) is 7.13. The lowest BCUT2D eigenvalue weighted by Crippen LogP contribution is -2.55. The van der Waals surface area contributed by atoms with Gasteiger partial charge < -0.3 is 15.5 Å². The number of carbonyl (C=O) groups excluding carboxylic acids is 3. The number of anilines is 2. The number of carbonyl (C=O) groups is 3. The molecule has 1 saturated heterocycles. The van der Waals surface area contributed by atoms with Crippen LogP contribution in [0.5, 0.6) is 5.75 Å². The van der Waals surface area contributed by atoms with Gasteiger partial charge in [0, 0.05) is 22.6 Å². The van der Waals surface area contributed by atoms with Gasteiger partial charge in [0.15, 0.2) is 0 Å². The molecule has 2 heterocycles. The van der Waals surface area contributed by atoms with E-state index in [0.717, 1.165) is 28.8 Å². The highest BCUT2D eigenvalue weighted by Crippen LogP contribution is 2.55. The van der Waals surface area contributed by atoms with Crippen LogP contribution in [0.25, 0.3) is 5.76 Å².